The summed E-state index contributed by atoms with van der Waals surface area (Å²) in [5.74, 6) is -0.785. The highest BCUT2D eigenvalue weighted by atomic mass is 35.5. The van der Waals surface area contributed by atoms with Crippen LogP contribution in [0.25, 0.3) is 0 Å². The number of rotatable bonds is 7. The van der Waals surface area contributed by atoms with E-state index in [1.807, 2.05) is 0 Å². The number of fused-ring (bicyclic) bond motifs is 1. The monoisotopic (exact) mass is 597 g/mol. The molecular formula is C28H35ClF3N5O4. The summed E-state index contributed by atoms with van der Waals surface area (Å²) in [5, 5.41) is 24.8. The second-order valence-electron chi connectivity index (χ2n) is 12.7. The first-order valence-corrected chi connectivity index (χ1v) is 14.3. The number of amides is 1. The lowest BCUT2D eigenvalue weighted by molar-refractivity contribution is -0.152. The highest BCUT2D eigenvalue weighted by Gasteiger charge is 2.63. The fraction of sp³-hybridized carbons (Fsp3) is 0.679. The quantitative estimate of drug-likeness (QED) is 0.434. The number of hydrogen-bond acceptors (Lipinski definition) is 6. The summed E-state index contributed by atoms with van der Waals surface area (Å²) >= 11 is 6.23. The Labute approximate surface area is 241 Å². The third-order valence-electron chi connectivity index (χ3n) is 9.83. The zero-order chi connectivity index (χ0) is 30.1. The molecule has 2 heterocycles. The molecule has 3 aliphatic carbocycles. The van der Waals surface area contributed by atoms with E-state index in [0.717, 1.165) is 10.9 Å². The minimum atomic E-state index is -4.88. The molecule has 3 saturated carbocycles. The van der Waals surface area contributed by atoms with E-state index in [9.17, 15) is 33.0 Å². The standard InChI is InChI=1S/C28H35ClF3N5O4/c1-14-33-12-20(29)22(35-14)21(38)13-36(16-9-18-19(10-16)26(18,2)3)24(39)17-11-34-37(23(17)28(30,31)32)15-5-7-27(4,8-6-15)25(40)41/h11-12,15-16,18-19,21,38H,5-10,13H2,1-4H3,(H,40,41)/t15-,16-,18-,19+,21?,27-. The minimum absolute atomic E-state index is 0.0976. The van der Waals surface area contributed by atoms with Crippen LogP contribution in [0.1, 0.15) is 99.0 Å². The van der Waals surface area contributed by atoms with Crippen LogP contribution in [0.4, 0.5) is 13.2 Å². The molecule has 0 saturated heterocycles. The van der Waals surface area contributed by atoms with Crippen molar-refractivity contribution in [2.24, 2.45) is 22.7 Å². The maximum absolute atomic E-state index is 14.6. The molecule has 2 aromatic heterocycles. The van der Waals surface area contributed by atoms with Gasteiger partial charge in [-0.3, -0.25) is 14.3 Å². The first kappa shape index (κ1) is 29.8. The number of aryl methyl sites for hydroxylation is 1. The Kier molecular flexibility index (Phi) is 7.41. The molecular weight excluding hydrogens is 563 g/mol. The van der Waals surface area contributed by atoms with Crippen LogP contribution in [-0.4, -0.2) is 59.3 Å². The number of carbonyl (C=O) groups excluding carboxylic acids is 1. The number of carbonyl (C=O) groups is 2. The van der Waals surface area contributed by atoms with Gasteiger partial charge in [-0.15, -0.1) is 0 Å². The van der Waals surface area contributed by atoms with Gasteiger partial charge in [-0.1, -0.05) is 25.4 Å². The number of alkyl halides is 3. The van der Waals surface area contributed by atoms with Crippen LogP contribution in [0.2, 0.25) is 5.02 Å². The van der Waals surface area contributed by atoms with Crippen molar-refractivity contribution in [1.29, 1.82) is 0 Å². The predicted octanol–water partition coefficient (Wildman–Crippen LogP) is 5.47. The number of nitrogens with zero attached hydrogens (tertiary/aromatic N) is 5. The van der Waals surface area contributed by atoms with Crippen molar-refractivity contribution < 1.29 is 33.0 Å². The fourth-order valence-corrected chi connectivity index (χ4v) is 7.26. The minimum Gasteiger partial charge on any atom is -0.481 e. The van der Waals surface area contributed by atoms with E-state index in [2.05, 4.69) is 28.9 Å². The van der Waals surface area contributed by atoms with Crippen LogP contribution in [0.15, 0.2) is 12.4 Å². The highest BCUT2D eigenvalue weighted by Crippen LogP contribution is 2.67. The van der Waals surface area contributed by atoms with Crippen LogP contribution >= 0.6 is 11.6 Å². The van der Waals surface area contributed by atoms with Gasteiger partial charge in [0.1, 0.15) is 11.9 Å². The van der Waals surface area contributed by atoms with Gasteiger partial charge in [0.25, 0.3) is 5.91 Å². The molecule has 13 heteroatoms. The Balaban J connectivity index is 1.47. The highest BCUT2D eigenvalue weighted by molar-refractivity contribution is 6.31. The summed E-state index contributed by atoms with van der Waals surface area (Å²) < 4.78 is 44.5. The van der Waals surface area contributed by atoms with E-state index in [1.54, 1.807) is 13.8 Å². The van der Waals surface area contributed by atoms with Crippen molar-refractivity contribution in [3.8, 4) is 0 Å². The number of carboxylic acids is 1. The maximum atomic E-state index is 14.6. The van der Waals surface area contributed by atoms with Gasteiger partial charge in [-0.25, -0.2) is 9.97 Å². The van der Waals surface area contributed by atoms with Crippen LogP contribution in [-0.2, 0) is 11.0 Å². The summed E-state index contributed by atoms with van der Waals surface area (Å²) in [7, 11) is 0. The van der Waals surface area contributed by atoms with Crippen molar-refractivity contribution in [2.75, 3.05) is 6.54 Å². The van der Waals surface area contributed by atoms with Crippen molar-refractivity contribution in [1.82, 2.24) is 24.6 Å². The Bertz CT molecular complexity index is 1340. The topological polar surface area (TPSA) is 121 Å². The Morgan fingerprint density at radius 1 is 1.17 bits per heavy atom. The zero-order valence-electron chi connectivity index (χ0n) is 23.5. The van der Waals surface area contributed by atoms with Gasteiger partial charge < -0.3 is 15.1 Å². The van der Waals surface area contributed by atoms with Crippen LogP contribution in [0.3, 0.4) is 0 Å². The van der Waals surface area contributed by atoms with E-state index < -0.39 is 46.9 Å². The molecule has 9 nitrogen and oxygen atoms in total. The van der Waals surface area contributed by atoms with Gasteiger partial charge >= 0.3 is 12.1 Å². The Hall–Kier alpha value is -2.73. The third kappa shape index (κ3) is 5.33. The van der Waals surface area contributed by atoms with Gasteiger partial charge in [0.15, 0.2) is 5.69 Å². The second-order valence-corrected chi connectivity index (χ2v) is 13.1. The third-order valence-corrected chi connectivity index (χ3v) is 10.1. The van der Waals surface area contributed by atoms with Crippen molar-refractivity contribution in [2.45, 2.75) is 90.6 Å². The first-order chi connectivity index (χ1) is 19.0. The molecule has 3 fully saturated rings. The van der Waals surface area contributed by atoms with Crippen molar-refractivity contribution in [3.05, 3.63) is 40.2 Å². The summed E-state index contributed by atoms with van der Waals surface area (Å²) in [6, 6.07) is -1.06. The molecule has 224 valence electrons. The van der Waals surface area contributed by atoms with E-state index in [1.165, 1.54) is 11.1 Å². The van der Waals surface area contributed by atoms with Gasteiger partial charge in [-0.2, -0.15) is 18.3 Å². The van der Waals surface area contributed by atoms with Crippen LogP contribution in [0, 0.1) is 29.6 Å². The van der Waals surface area contributed by atoms with Gasteiger partial charge in [0.2, 0.25) is 0 Å². The molecule has 1 unspecified atom stereocenters. The molecule has 0 radical (unpaired) electrons. The van der Waals surface area contributed by atoms with E-state index in [0.29, 0.717) is 30.5 Å². The molecule has 1 amide bonds. The predicted molar refractivity (Wildman–Crippen MR) is 142 cm³/mol. The number of carboxylic acid groups (broad SMARTS) is 1. The largest absolute Gasteiger partial charge is 0.481 e. The molecule has 41 heavy (non-hydrogen) atoms. The molecule has 0 spiro atoms. The molecule has 2 aromatic rings. The second kappa shape index (κ2) is 10.2. The van der Waals surface area contributed by atoms with Crippen LogP contribution < -0.4 is 0 Å². The van der Waals surface area contributed by atoms with Gasteiger partial charge in [0, 0.05) is 12.2 Å². The first-order valence-electron chi connectivity index (χ1n) is 13.9. The molecule has 5 rings (SSSR count). The number of halogens is 4. The number of aliphatic hydroxyl groups excluding tert-OH is 1. The smallest absolute Gasteiger partial charge is 0.433 e. The van der Waals surface area contributed by atoms with E-state index in [4.69, 9.17) is 11.6 Å². The van der Waals surface area contributed by atoms with E-state index >= 15 is 0 Å². The summed E-state index contributed by atoms with van der Waals surface area (Å²) in [6.45, 7) is 7.22. The molecule has 4 atom stereocenters. The van der Waals surface area contributed by atoms with Gasteiger partial charge in [-0.05, 0) is 69.6 Å². The molecule has 0 bridgehead atoms. The summed E-state index contributed by atoms with van der Waals surface area (Å²) in [6.07, 6.45) is -1.90. The summed E-state index contributed by atoms with van der Waals surface area (Å²) in [4.78, 5) is 35.2. The van der Waals surface area contributed by atoms with Gasteiger partial charge in [0.05, 0.1) is 40.5 Å². The lowest BCUT2D eigenvalue weighted by atomic mass is 9.74. The Morgan fingerprint density at radius 2 is 1.78 bits per heavy atom. The number of aliphatic hydroxyl groups is 1. The normalized spacial score (nSPS) is 29.6. The van der Waals surface area contributed by atoms with Crippen molar-refractivity contribution in [3.63, 3.8) is 0 Å². The molecule has 0 aliphatic heterocycles. The zero-order valence-corrected chi connectivity index (χ0v) is 24.2. The Morgan fingerprint density at radius 3 is 2.34 bits per heavy atom. The van der Waals surface area contributed by atoms with Crippen molar-refractivity contribution >= 4 is 23.5 Å². The lowest BCUT2D eigenvalue weighted by Gasteiger charge is -2.35. The SMILES string of the molecule is Cc1ncc(Cl)c(C(O)CN(C(=O)c2cnn([C@H]3CC[C@](C)(C(=O)O)CC3)c2C(F)(F)F)[C@@H]2C[C@@H]3[C@H](C2)C3(C)C)n1. The lowest BCUT2D eigenvalue weighted by Crippen LogP contribution is -2.43. The maximum Gasteiger partial charge on any atom is 0.433 e. The molecule has 0 aromatic carbocycles. The number of aliphatic carboxylic acids is 1. The summed E-state index contributed by atoms with van der Waals surface area (Å²) in [5.41, 5.74) is -2.52. The average Bonchev–Trinajstić information content (AvgIpc) is 3.32. The number of hydrogen-bond donors (Lipinski definition) is 2. The molecule has 3 aliphatic rings. The fourth-order valence-electron chi connectivity index (χ4n) is 7.04. The molecule has 2 N–H and O–H groups in total. The average molecular weight is 598 g/mol. The van der Waals surface area contributed by atoms with Crippen LogP contribution in [0.5, 0.6) is 0 Å². The number of aromatic nitrogens is 4. The van der Waals surface area contributed by atoms with E-state index in [-0.39, 0.29) is 54.4 Å².